The van der Waals surface area contributed by atoms with Crippen LogP contribution in [-0.2, 0) is 4.79 Å². The molecule has 0 spiro atoms. The van der Waals surface area contributed by atoms with Crippen molar-refractivity contribution in [3.63, 3.8) is 0 Å². The number of carbonyl (C=O) groups excluding carboxylic acids is 2. The van der Waals surface area contributed by atoms with Crippen LogP contribution in [0.4, 0.5) is 0 Å². The largest absolute Gasteiger partial charge is 0.352 e. The van der Waals surface area contributed by atoms with Gasteiger partial charge in [0.05, 0.1) is 0 Å². The fourth-order valence-corrected chi connectivity index (χ4v) is 1.62. The van der Waals surface area contributed by atoms with Gasteiger partial charge < -0.3 is 11.1 Å². The first-order chi connectivity index (χ1) is 8.67. The molecule has 0 aliphatic carbocycles. The highest BCUT2D eigenvalue weighted by Gasteiger charge is 2.11. The molecule has 0 heterocycles. The summed E-state index contributed by atoms with van der Waals surface area (Å²) in [5.74, 6) is -0.122. The molecule has 98 valence electrons. The molecule has 0 aliphatic heterocycles. The summed E-state index contributed by atoms with van der Waals surface area (Å²) < 4.78 is 0. The van der Waals surface area contributed by atoms with Crippen molar-refractivity contribution in [2.75, 3.05) is 6.54 Å². The van der Waals surface area contributed by atoms with Crippen LogP contribution in [0.25, 0.3) is 0 Å². The number of benzene rings is 1. The van der Waals surface area contributed by atoms with Crippen LogP contribution in [0.2, 0.25) is 0 Å². The van der Waals surface area contributed by atoms with Crippen LogP contribution in [0, 0.1) is 0 Å². The van der Waals surface area contributed by atoms with Gasteiger partial charge in [-0.05, 0) is 6.42 Å². The molecule has 0 aromatic heterocycles. The molecule has 0 aliphatic rings. The van der Waals surface area contributed by atoms with Crippen molar-refractivity contribution in [1.29, 1.82) is 0 Å². The molecule has 4 nitrogen and oxygen atoms in total. The summed E-state index contributed by atoms with van der Waals surface area (Å²) in [7, 11) is 0. The minimum atomic E-state index is -0.114. The van der Waals surface area contributed by atoms with Crippen molar-refractivity contribution in [3.05, 3.63) is 35.9 Å². The van der Waals surface area contributed by atoms with E-state index in [1.54, 1.807) is 12.1 Å². The second-order valence-corrected chi connectivity index (χ2v) is 4.20. The zero-order chi connectivity index (χ0) is 13.4. The summed E-state index contributed by atoms with van der Waals surface area (Å²) in [4.78, 5) is 23.4. The Hall–Kier alpha value is -1.68. The van der Waals surface area contributed by atoms with E-state index in [4.69, 9.17) is 5.73 Å². The first-order valence-corrected chi connectivity index (χ1v) is 6.25. The molecule has 0 radical (unpaired) electrons. The lowest BCUT2D eigenvalue weighted by molar-refractivity contribution is -0.121. The number of hydrogen-bond donors (Lipinski definition) is 2. The smallest absolute Gasteiger partial charge is 0.220 e. The van der Waals surface area contributed by atoms with Crippen molar-refractivity contribution in [1.82, 2.24) is 5.32 Å². The molecule has 1 rings (SSSR count). The molecule has 18 heavy (non-hydrogen) atoms. The third-order valence-electron chi connectivity index (χ3n) is 2.82. The first-order valence-electron chi connectivity index (χ1n) is 6.25. The molecule has 4 heteroatoms. The lowest BCUT2D eigenvalue weighted by atomic mass is 10.1. The molecule has 1 aromatic rings. The van der Waals surface area contributed by atoms with Gasteiger partial charge in [-0.2, -0.15) is 0 Å². The fourth-order valence-electron chi connectivity index (χ4n) is 1.62. The predicted molar refractivity (Wildman–Crippen MR) is 71.3 cm³/mol. The van der Waals surface area contributed by atoms with Gasteiger partial charge >= 0.3 is 0 Å². The first kappa shape index (κ1) is 14.4. The van der Waals surface area contributed by atoms with Crippen molar-refractivity contribution in [3.8, 4) is 0 Å². The van der Waals surface area contributed by atoms with Crippen molar-refractivity contribution >= 4 is 11.7 Å². The summed E-state index contributed by atoms with van der Waals surface area (Å²) >= 11 is 0. The van der Waals surface area contributed by atoms with E-state index in [0.717, 1.165) is 6.42 Å². The Balaban J connectivity index is 2.37. The normalized spacial score (nSPS) is 11.9. The maximum absolute atomic E-state index is 11.8. The van der Waals surface area contributed by atoms with Gasteiger partial charge in [-0.25, -0.2) is 0 Å². The highest BCUT2D eigenvalue weighted by molar-refractivity contribution is 5.97. The zero-order valence-electron chi connectivity index (χ0n) is 10.7. The zero-order valence-corrected chi connectivity index (χ0v) is 10.7. The highest BCUT2D eigenvalue weighted by atomic mass is 16.2. The molecule has 1 unspecified atom stereocenters. The third kappa shape index (κ3) is 4.67. The fraction of sp³-hybridized carbons (Fsp3) is 0.429. The van der Waals surface area contributed by atoms with E-state index < -0.39 is 0 Å². The van der Waals surface area contributed by atoms with Crippen LogP contribution < -0.4 is 11.1 Å². The van der Waals surface area contributed by atoms with Gasteiger partial charge in [-0.3, -0.25) is 9.59 Å². The summed E-state index contributed by atoms with van der Waals surface area (Å²) in [5.41, 5.74) is 6.15. The van der Waals surface area contributed by atoms with Crippen molar-refractivity contribution in [2.24, 2.45) is 5.73 Å². The summed E-state index contributed by atoms with van der Waals surface area (Å²) in [6.45, 7) is 2.39. The molecule has 0 saturated carbocycles. The molecule has 0 bridgehead atoms. The molecule has 0 saturated heterocycles. The summed E-state index contributed by atoms with van der Waals surface area (Å²) in [5, 5.41) is 2.81. The molecule has 0 fully saturated rings. The second kappa shape index (κ2) is 7.61. The van der Waals surface area contributed by atoms with Crippen LogP contribution in [0.3, 0.4) is 0 Å². The van der Waals surface area contributed by atoms with E-state index in [-0.39, 0.29) is 30.6 Å². The van der Waals surface area contributed by atoms with Gasteiger partial charge in [-0.1, -0.05) is 37.3 Å². The van der Waals surface area contributed by atoms with Crippen LogP contribution in [0.15, 0.2) is 30.3 Å². The van der Waals surface area contributed by atoms with Crippen LogP contribution in [0.1, 0.15) is 36.5 Å². The molecule has 1 aromatic carbocycles. The molecular formula is C14H20N2O2. The summed E-state index contributed by atoms with van der Waals surface area (Å²) in [6.07, 6.45) is 1.25. The standard InChI is InChI=1S/C14H20N2O2/c1-2-12(10-15)16-14(18)9-8-13(17)11-6-4-3-5-7-11/h3-7,12H,2,8-10,15H2,1H3,(H,16,18). The molecule has 1 amide bonds. The quantitative estimate of drug-likeness (QED) is 0.718. The Morgan fingerprint density at radius 1 is 1.22 bits per heavy atom. The van der Waals surface area contributed by atoms with E-state index in [0.29, 0.717) is 12.1 Å². The van der Waals surface area contributed by atoms with Gasteiger partial charge in [0.1, 0.15) is 0 Å². The Morgan fingerprint density at radius 3 is 2.44 bits per heavy atom. The Kier molecular flexibility index (Phi) is 6.08. The number of ketones is 1. The SMILES string of the molecule is CCC(CN)NC(=O)CCC(=O)c1ccccc1. The Morgan fingerprint density at radius 2 is 1.89 bits per heavy atom. The molecule has 1 atom stereocenters. The number of amides is 1. The second-order valence-electron chi connectivity index (χ2n) is 4.20. The number of nitrogens with one attached hydrogen (secondary N) is 1. The van der Waals surface area contributed by atoms with Crippen LogP contribution in [-0.4, -0.2) is 24.3 Å². The third-order valence-corrected chi connectivity index (χ3v) is 2.82. The lowest BCUT2D eigenvalue weighted by Gasteiger charge is -2.14. The van der Waals surface area contributed by atoms with E-state index in [9.17, 15) is 9.59 Å². The van der Waals surface area contributed by atoms with Gasteiger partial charge in [0.25, 0.3) is 0 Å². The van der Waals surface area contributed by atoms with E-state index in [2.05, 4.69) is 5.32 Å². The maximum Gasteiger partial charge on any atom is 0.220 e. The van der Waals surface area contributed by atoms with Crippen molar-refractivity contribution in [2.45, 2.75) is 32.2 Å². The number of nitrogens with two attached hydrogens (primary N) is 1. The maximum atomic E-state index is 11.8. The van der Waals surface area contributed by atoms with Crippen molar-refractivity contribution < 1.29 is 9.59 Å². The van der Waals surface area contributed by atoms with E-state index in [1.807, 2.05) is 25.1 Å². The van der Waals surface area contributed by atoms with E-state index >= 15 is 0 Å². The topological polar surface area (TPSA) is 72.2 Å². The van der Waals surface area contributed by atoms with Crippen LogP contribution in [0.5, 0.6) is 0 Å². The minimum absolute atomic E-state index is 0.00401. The van der Waals surface area contributed by atoms with Gasteiger partial charge in [0.2, 0.25) is 5.91 Å². The Bertz CT molecular complexity index is 386. The van der Waals surface area contributed by atoms with Gasteiger partial charge in [0.15, 0.2) is 5.78 Å². The van der Waals surface area contributed by atoms with Gasteiger partial charge in [0, 0.05) is 31.0 Å². The number of rotatable bonds is 7. The van der Waals surface area contributed by atoms with E-state index in [1.165, 1.54) is 0 Å². The highest BCUT2D eigenvalue weighted by Crippen LogP contribution is 2.05. The average Bonchev–Trinajstić information content (AvgIpc) is 2.43. The Labute approximate surface area is 108 Å². The predicted octanol–water partition coefficient (Wildman–Crippen LogP) is 1.50. The lowest BCUT2D eigenvalue weighted by Crippen LogP contribution is -2.39. The minimum Gasteiger partial charge on any atom is -0.352 e. The average molecular weight is 248 g/mol. The summed E-state index contributed by atoms with van der Waals surface area (Å²) in [6, 6.07) is 9.01. The number of hydrogen-bond acceptors (Lipinski definition) is 3. The van der Waals surface area contributed by atoms with Gasteiger partial charge in [-0.15, -0.1) is 0 Å². The molecule has 3 N–H and O–H groups in total. The number of Topliss-reactive ketones (excluding diaryl/α,β-unsaturated/α-hetero) is 1. The number of carbonyl (C=O) groups is 2. The monoisotopic (exact) mass is 248 g/mol. The molecular weight excluding hydrogens is 228 g/mol. The van der Waals surface area contributed by atoms with Crippen LogP contribution >= 0.6 is 0 Å².